The molecule has 0 radical (unpaired) electrons. The van der Waals surface area contributed by atoms with Crippen molar-refractivity contribution < 1.29 is 22.5 Å². The molecule has 1 aliphatic heterocycles. The van der Waals surface area contributed by atoms with E-state index in [1.165, 1.54) is 20.8 Å². The quantitative estimate of drug-likeness (QED) is 0.793. The van der Waals surface area contributed by atoms with Gasteiger partial charge < -0.3 is 14.7 Å². The molecule has 1 aromatic rings. The predicted octanol–water partition coefficient (Wildman–Crippen LogP) is 2.36. The number of hydrogen-bond donors (Lipinski definition) is 1. The normalized spacial score (nSPS) is 18.8. The first-order chi connectivity index (χ1) is 12.7. The SMILES string of the molecule is CC(=O)N1CCCC(CS(=O)(=O)C(C)(C)C(=O)Nc2cc(C(C)(C)C)on2)C1. The third-order valence-corrected chi connectivity index (χ3v) is 7.89. The maximum absolute atomic E-state index is 13.0. The molecule has 158 valence electrons. The maximum Gasteiger partial charge on any atom is 0.246 e. The van der Waals surface area contributed by atoms with Gasteiger partial charge >= 0.3 is 0 Å². The second-order valence-corrected chi connectivity index (χ2v) is 11.6. The lowest BCUT2D eigenvalue weighted by molar-refractivity contribution is -0.130. The van der Waals surface area contributed by atoms with E-state index in [0.717, 1.165) is 12.8 Å². The summed E-state index contributed by atoms with van der Waals surface area (Å²) in [5, 5.41) is 6.37. The molecular weight excluding hydrogens is 382 g/mol. The summed E-state index contributed by atoms with van der Waals surface area (Å²) in [5.41, 5.74) is -0.277. The molecule has 2 heterocycles. The zero-order chi connectivity index (χ0) is 21.3. The van der Waals surface area contributed by atoms with Crippen molar-refractivity contribution in [1.82, 2.24) is 10.1 Å². The Morgan fingerprint density at radius 2 is 1.93 bits per heavy atom. The second kappa shape index (κ2) is 7.85. The zero-order valence-corrected chi connectivity index (χ0v) is 18.4. The monoisotopic (exact) mass is 413 g/mol. The third-order valence-electron chi connectivity index (χ3n) is 5.23. The average molecular weight is 414 g/mol. The molecule has 0 bridgehead atoms. The molecule has 1 N–H and O–H groups in total. The molecule has 1 aliphatic rings. The zero-order valence-electron chi connectivity index (χ0n) is 17.5. The molecule has 1 unspecified atom stereocenters. The van der Waals surface area contributed by atoms with Gasteiger partial charge in [0.1, 0.15) is 10.5 Å². The van der Waals surface area contributed by atoms with E-state index in [0.29, 0.717) is 18.8 Å². The Labute approximate surface area is 166 Å². The predicted molar refractivity (Wildman–Crippen MR) is 107 cm³/mol. The number of hydrogen-bond acceptors (Lipinski definition) is 6. The molecule has 9 heteroatoms. The minimum Gasteiger partial charge on any atom is -0.359 e. The number of aromatic nitrogens is 1. The van der Waals surface area contributed by atoms with Crippen molar-refractivity contribution >= 4 is 27.5 Å². The van der Waals surface area contributed by atoms with E-state index in [4.69, 9.17) is 4.52 Å². The summed E-state index contributed by atoms with van der Waals surface area (Å²) in [6, 6.07) is 1.60. The molecule has 1 saturated heterocycles. The van der Waals surface area contributed by atoms with Gasteiger partial charge in [-0.05, 0) is 32.6 Å². The first kappa shape index (κ1) is 22.4. The van der Waals surface area contributed by atoms with Gasteiger partial charge in [-0.2, -0.15) is 0 Å². The summed E-state index contributed by atoms with van der Waals surface area (Å²) in [6.45, 7) is 11.2. The molecule has 28 heavy (non-hydrogen) atoms. The maximum atomic E-state index is 13.0. The molecular formula is C19H31N3O5S. The van der Waals surface area contributed by atoms with Crippen LogP contribution in [0.3, 0.4) is 0 Å². The average Bonchev–Trinajstić information content (AvgIpc) is 3.03. The van der Waals surface area contributed by atoms with Gasteiger partial charge in [0.05, 0.1) is 5.75 Å². The number of anilines is 1. The van der Waals surface area contributed by atoms with Crippen molar-refractivity contribution in [3.63, 3.8) is 0 Å². The third kappa shape index (κ3) is 4.92. The fourth-order valence-corrected chi connectivity index (χ4v) is 4.74. The molecule has 0 saturated carbocycles. The summed E-state index contributed by atoms with van der Waals surface area (Å²) in [5.74, 6) is -0.230. The highest BCUT2D eigenvalue weighted by molar-refractivity contribution is 7.93. The molecule has 1 fully saturated rings. The fourth-order valence-electron chi connectivity index (χ4n) is 3.10. The molecule has 0 aromatic carbocycles. The molecule has 2 amide bonds. The number of likely N-dealkylation sites (tertiary alicyclic amines) is 1. The summed E-state index contributed by atoms with van der Waals surface area (Å²) in [4.78, 5) is 26.0. The van der Waals surface area contributed by atoms with Crippen LogP contribution in [0.4, 0.5) is 5.82 Å². The van der Waals surface area contributed by atoms with Gasteiger partial charge in [-0.15, -0.1) is 0 Å². The number of nitrogens with one attached hydrogen (secondary N) is 1. The van der Waals surface area contributed by atoms with Crippen LogP contribution in [0.2, 0.25) is 0 Å². The smallest absolute Gasteiger partial charge is 0.246 e. The first-order valence-electron chi connectivity index (χ1n) is 9.50. The number of carbonyl (C=O) groups is 2. The van der Waals surface area contributed by atoms with Crippen LogP contribution in [-0.2, 0) is 24.8 Å². The number of piperidine rings is 1. The van der Waals surface area contributed by atoms with Gasteiger partial charge in [0.15, 0.2) is 15.7 Å². The molecule has 0 aliphatic carbocycles. The lowest BCUT2D eigenvalue weighted by Gasteiger charge is -2.33. The summed E-state index contributed by atoms with van der Waals surface area (Å²) in [7, 11) is -3.76. The van der Waals surface area contributed by atoms with Crippen LogP contribution in [0.1, 0.15) is 60.1 Å². The summed E-state index contributed by atoms with van der Waals surface area (Å²) in [6.07, 6.45) is 1.49. The standard InChI is InChI=1S/C19H31N3O5S/c1-13(23)22-9-7-8-14(11-22)12-28(25,26)19(5,6)17(24)20-16-10-15(27-21-16)18(2,3)4/h10,14H,7-9,11-12H2,1-6H3,(H,20,21,24). The van der Waals surface area contributed by atoms with Crippen LogP contribution in [0.15, 0.2) is 10.6 Å². The Balaban J connectivity index is 2.09. The van der Waals surface area contributed by atoms with Gasteiger partial charge in [0, 0.05) is 31.5 Å². The van der Waals surface area contributed by atoms with E-state index < -0.39 is 20.5 Å². The van der Waals surface area contributed by atoms with Crippen molar-refractivity contribution in [3.8, 4) is 0 Å². The number of nitrogens with zero attached hydrogens (tertiary/aromatic N) is 2. The van der Waals surface area contributed by atoms with Crippen molar-refractivity contribution in [2.45, 2.75) is 64.5 Å². The molecule has 1 atom stereocenters. The first-order valence-corrected chi connectivity index (χ1v) is 11.2. The summed E-state index contributed by atoms with van der Waals surface area (Å²) < 4.78 is 29.6. The Bertz CT molecular complexity index is 836. The van der Waals surface area contributed by atoms with Gasteiger partial charge in [-0.25, -0.2) is 8.42 Å². The van der Waals surface area contributed by atoms with Crippen LogP contribution in [0.25, 0.3) is 0 Å². The molecule has 0 spiro atoms. The minimum absolute atomic E-state index is 0.0558. The largest absolute Gasteiger partial charge is 0.359 e. The highest BCUT2D eigenvalue weighted by atomic mass is 32.2. The van der Waals surface area contributed by atoms with Crippen molar-refractivity contribution in [2.24, 2.45) is 5.92 Å². The van der Waals surface area contributed by atoms with Crippen LogP contribution in [0, 0.1) is 5.92 Å². The highest BCUT2D eigenvalue weighted by Crippen LogP contribution is 2.28. The van der Waals surface area contributed by atoms with E-state index in [1.54, 1.807) is 11.0 Å². The van der Waals surface area contributed by atoms with E-state index in [1.807, 2.05) is 20.8 Å². The number of rotatable bonds is 5. The molecule has 1 aromatic heterocycles. The summed E-state index contributed by atoms with van der Waals surface area (Å²) >= 11 is 0. The van der Waals surface area contributed by atoms with Crippen LogP contribution in [-0.4, -0.2) is 53.9 Å². The topological polar surface area (TPSA) is 110 Å². The lowest BCUT2D eigenvalue weighted by Crippen LogP contribution is -2.48. The molecule has 2 rings (SSSR count). The van der Waals surface area contributed by atoms with Crippen molar-refractivity contribution in [3.05, 3.63) is 11.8 Å². The van der Waals surface area contributed by atoms with Gasteiger partial charge in [-0.1, -0.05) is 25.9 Å². The van der Waals surface area contributed by atoms with Crippen molar-refractivity contribution in [2.75, 3.05) is 24.2 Å². The lowest BCUT2D eigenvalue weighted by atomic mass is 9.93. The van der Waals surface area contributed by atoms with Crippen LogP contribution in [0.5, 0.6) is 0 Å². The Hall–Kier alpha value is -1.90. The van der Waals surface area contributed by atoms with Gasteiger partial charge in [0.2, 0.25) is 11.8 Å². The van der Waals surface area contributed by atoms with E-state index >= 15 is 0 Å². The van der Waals surface area contributed by atoms with Crippen LogP contribution < -0.4 is 5.32 Å². The second-order valence-electron chi connectivity index (χ2n) is 9.05. The molecule has 8 nitrogen and oxygen atoms in total. The van der Waals surface area contributed by atoms with Gasteiger partial charge in [0.25, 0.3) is 0 Å². The number of carbonyl (C=O) groups excluding carboxylic acids is 2. The number of sulfone groups is 1. The van der Waals surface area contributed by atoms with Crippen molar-refractivity contribution in [1.29, 1.82) is 0 Å². The van der Waals surface area contributed by atoms with Crippen LogP contribution >= 0.6 is 0 Å². The Morgan fingerprint density at radius 3 is 2.46 bits per heavy atom. The van der Waals surface area contributed by atoms with E-state index in [2.05, 4.69) is 10.5 Å². The number of amides is 2. The van der Waals surface area contributed by atoms with E-state index in [9.17, 15) is 18.0 Å². The Morgan fingerprint density at radius 1 is 1.29 bits per heavy atom. The minimum atomic E-state index is -3.76. The fraction of sp³-hybridized carbons (Fsp3) is 0.737. The Kier molecular flexibility index (Phi) is 6.28. The van der Waals surface area contributed by atoms with Gasteiger partial charge in [-0.3, -0.25) is 9.59 Å². The highest BCUT2D eigenvalue weighted by Gasteiger charge is 2.43. The van der Waals surface area contributed by atoms with E-state index in [-0.39, 0.29) is 28.8 Å².